The lowest BCUT2D eigenvalue weighted by molar-refractivity contribution is 0.670. The first kappa shape index (κ1) is 24.5. The maximum atomic E-state index is 6.76. The second-order valence-electron chi connectivity index (χ2n) is 12.8. The van der Waals surface area contributed by atoms with Gasteiger partial charge in [-0.3, -0.25) is 0 Å². The number of rotatable bonds is 1. The Morgan fingerprint density at radius 1 is 0.468 bits per heavy atom. The average Bonchev–Trinajstić information content (AvgIpc) is 3.70. The smallest absolute Gasteiger partial charge is 0.333 e. The van der Waals surface area contributed by atoms with Gasteiger partial charge in [-0.05, 0) is 70.6 Å². The fraction of sp³-hybridized carbons (Fsp3) is 0. The molecule has 3 aliphatic rings. The van der Waals surface area contributed by atoms with E-state index in [1.165, 1.54) is 81.8 Å². The molecule has 0 bridgehead atoms. The van der Waals surface area contributed by atoms with Gasteiger partial charge in [-0.2, -0.15) is 0 Å². The van der Waals surface area contributed by atoms with E-state index in [9.17, 15) is 0 Å². The molecule has 0 unspecified atom stereocenters. The van der Waals surface area contributed by atoms with E-state index in [0.717, 1.165) is 21.9 Å². The summed E-state index contributed by atoms with van der Waals surface area (Å²) in [4.78, 5) is 5.13. The van der Waals surface area contributed by atoms with Gasteiger partial charge in [0.25, 0.3) is 0 Å². The van der Waals surface area contributed by atoms with Crippen molar-refractivity contribution >= 4 is 99.7 Å². The van der Waals surface area contributed by atoms with E-state index in [-0.39, 0.29) is 6.85 Å². The minimum absolute atomic E-state index is 0.0366. The van der Waals surface area contributed by atoms with Crippen LogP contribution in [-0.4, -0.2) is 6.85 Å². The van der Waals surface area contributed by atoms with Crippen molar-refractivity contribution in [3.05, 3.63) is 140 Å². The molecule has 2 aromatic heterocycles. The Kier molecular flexibility index (Phi) is 4.43. The predicted molar refractivity (Wildman–Crippen MR) is 199 cm³/mol. The highest BCUT2D eigenvalue weighted by Gasteiger charge is 2.49. The molecule has 0 spiro atoms. The van der Waals surface area contributed by atoms with Crippen molar-refractivity contribution in [1.82, 2.24) is 0 Å². The number of nitrogens with zero attached hydrogens (tertiary/aromatic N) is 2. The normalized spacial score (nSPS) is 13.8. The highest BCUT2D eigenvalue weighted by Crippen LogP contribution is 2.54. The number of anilines is 5. The number of hydrogen-bond acceptors (Lipinski definition) is 4. The second kappa shape index (κ2) is 8.52. The summed E-state index contributed by atoms with van der Waals surface area (Å²) in [5.41, 5.74) is 15.7. The van der Waals surface area contributed by atoms with E-state index < -0.39 is 0 Å². The van der Waals surface area contributed by atoms with Gasteiger partial charge in [0.2, 0.25) is 0 Å². The summed E-state index contributed by atoms with van der Waals surface area (Å²) >= 11 is 1.89. The van der Waals surface area contributed by atoms with Crippen LogP contribution in [0.25, 0.3) is 64.4 Å². The van der Waals surface area contributed by atoms with Crippen molar-refractivity contribution in [1.29, 1.82) is 0 Å². The fourth-order valence-electron chi connectivity index (χ4n) is 8.78. The van der Waals surface area contributed by atoms with Crippen LogP contribution in [0, 0.1) is 0 Å². The van der Waals surface area contributed by atoms with Crippen LogP contribution in [0.5, 0.6) is 0 Å². The highest BCUT2D eigenvalue weighted by molar-refractivity contribution is 7.26. The van der Waals surface area contributed by atoms with Gasteiger partial charge in [0.15, 0.2) is 0 Å². The Balaban J connectivity index is 1.26. The molecule has 7 aromatic carbocycles. The number of benzene rings is 7. The van der Waals surface area contributed by atoms with Gasteiger partial charge in [-0.15, -0.1) is 11.3 Å². The molecule has 3 nitrogen and oxygen atoms in total. The first-order valence-corrected chi connectivity index (χ1v) is 17.0. The number of furan rings is 1. The Labute approximate surface area is 274 Å². The van der Waals surface area contributed by atoms with Gasteiger partial charge in [-0.1, -0.05) is 91.0 Å². The van der Waals surface area contributed by atoms with Crippen molar-refractivity contribution in [3.63, 3.8) is 0 Å². The zero-order chi connectivity index (χ0) is 30.4. The van der Waals surface area contributed by atoms with Crippen LogP contribution in [0.1, 0.15) is 0 Å². The van der Waals surface area contributed by atoms with E-state index in [4.69, 9.17) is 4.42 Å². The molecule has 3 aliphatic heterocycles. The van der Waals surface area contributed by atoms with Gasteiger partial charge < -0.3 is 14.1 Å². The zero-order valence-corrected chi connectivity index (χ0v) is 25.9. The molecule has 9 aromatic rings. The van der Waals surface area contributed by atoms with Gasteiger partial charge >= 0.3 is 6.85 Å². The lowest BCUT2D eigenvalue weighted by Crippen LogP contribution is -2.63. The molecular formula is C42H23BN2OS. The fourth-order valence-corrected chi connectivity index (χ4v) is 9.99. The van der Waals surface area contributed by atoms with Gasteiger partial charge in [0, 0.05) is 60.1 Å². The molecule has 5 heterocycles. The highest BCUT2D eigenvalue weighted by atomic mass is 32.1. The van der Waals surface area contributed by atoms with Crippen LogP contribution in [0.15, 0.2) is 144 Å². The molecule has 0 atom stereocenters. The summed E-state index contributed by atoms with van der Waals surface area (Å²) in [5, 5.41) is 4.93. The standard InChI is InChI=1S/C42H23BN2OS/c1-4-16-31-24(10-1)27-13-7-17-33-39(27)43-40-30(38-32(45(31)43)23-22-28-25-11-2-5-20-36(25)46-41(28)38)15-9-18-34(40)44(33)35-19-8-14-29-26-12-3-6-21-37(26)47-42(29)35/h1-23H. The average molecular weight is 615 g/mol. The molecule has 216 valence electrons. The monoisotopic (exact) mass is 614 g/mol. The largest absolute Gasteiger partial charge is 0.455 e. The second-order valence-corrected chi connectivity index (χ2v) is 13.8. The summed E-state index contributed by atoms with van der Waals surface area (Å²) in [6, 6.07) is 51.3. The molecule has 0 radical (unpaired) electrons. The molecule has 12 rings (SSSR count). The molecular weight excluding hydrogens is 591 g/mol. The first-order valence-electron chi connectivity index (χ1n) is 16.1. The van der Waals surface area contributed by atoms with Crippen molar-refractivity contribution in [2.24, 2.45) is 0 Å². The summed E-state index contributed by atoms with van der Waals surface area (Å²) in [6.45, 7) is 0.0366. The van der Waals surface area contributed by atoms with Crippen LogP contribution in [0.3, 0.4) is 0 Å². The molecule has 0 aliphatic carbocycles. The number of fused-ring (bicyclic) bond motifs is 13. The Morgan fingerprint density at radius 3 is 2.04 bits per heavy atom. The molecule has 0 fully saturated rings. The lowest BCUT2D eigenvalue weighted by atomic mass is 9.41. The maximum absolute atomic E-state index is 6.76. The molecule has 0 saturated heterocycles. The van der Waals surface area contributed by atoms with E-state index >= 15 is 0 Å². The third kappa shape index (κ3) is 2.91. The van der Waals surface area contributed by atoms with Gasteiger partial charge in [-0.25, -0.2) is 0 Å². The van der Waals surface area contributed by atoms with Crippen molar-refractivity contribution in [3.8, 4) is 22.3 Å². The van der Waals surface area contributed by atoms with Crippen LogP contribution in [0.4, 0.5) is 28.4 Å². The predicted octanol–water partition coefficient (Wildman–Crippen LogP) is 10.6. The van der Waals surface area contributed by atoms with E-state index in [1.54, 1.807) is 0 Å². The van der Waals surface area contributed by atoms with Gasteiger partial charge in [0.1, 0.15) is 11.2 Å². The molecule has 5 heteroatoms. The summed E-state index contributed by atoms with van der Waals surface area (Å²) in [7, 11) is 0. The van der Waals surface area contributed by atoms with E-state index in [0.29, 0.717) is 0 Å². The Morgan fingerprint density at radius 2 is 1.13 bits per heavy atom. The van der Waals surface area contributed by atoms with E-state index in [1.807, 2.05) is 11.3 Å². The minimum atomic E-state index is 0.0366. The lowest BCUT2D eigenvalue weighted by Gasteiger charge is -2.49. The number of thiophene rings is 1. The van der Waals surface area contributed by atoms with Crippen LogP contribution in [-0.2, 0) is 0 Å². The quantitative estimate of drug-likeness (QED) is 0.172. The van der Waals surface area contributed by atoms with Crippen LogP contribution >= 0.6 is 11.3 Å². The number of para-hydroxylation sites is 2. The maximum Gasteiger partial charge on any atom is 0.333 e. The summed E-state index contributed by atoms with van der Waals surface area (Å²) in [5.74, 6) is 0. The number of hydrogen-bond donors (Lipinski definition) is 0. The topological polar surface area (TPSA) is 19.6 Å². The third-order valence-corrected chi connectivity index (χ3v) is 11.8. The van der Waals surface area contributed by atoms with Crippen LogP contribution < -0.4 is 20.6 Å². The third-order valence-electron chi connectivity index (χ3n) is 10.6. The molecule has 0 N–H and O–H groups in total. The first-order chi connectivity index (χ1) is 23.3. The van der Waals surface area contributed by atoms with E-state index in [2.05, 4.69) is 149 Å². The van der Waals surface area contributed by atoms with Crippen molar-refractivity contribution in [2.75, 3.05) is 9.71 Å². The SMILES string of the molecule is c1ccc2c(c1)-c1cccc3c1B1c4c(cccc4N3c3cccc4c3sc3ccccc34)-c3c(ccc4c3oc3ccccc34)N12. The summed E-state index contributed by atoms with van der Waals surface area (Å²) < 4.78 is 9.39. The Bertz CT molecular complexity index is 2850. The minimum Gasteiger partial charge on any atom is -0.455 e. The molecule has 0 amide bonds. The zero-order valence-electron chi connectivity index (χ0n) is 25.1. The van der Waals surface area contributed by atoms with Crippen molar-refractivity contribution in [2.45, 2.75) is 0 Å². The Hall–Kier alpha value is -5.78. The van der Waals surface area contributed by atoms with Gasteiger partial charge in [0.05, 0.1) is 10.4 Å². The molecule has 0 saturated carbocycles. The van der Waals surface area contributed by atoms with Crippen LogP contribution in [0.2, 0.25) is 0 Å². The molecule has 47 heavy (non-hydrogen) atoms. The van der Waals surface area contributed by atoms with Crippen molar-refractivity contribution < 1.29 is 4.42 Å². The summed E-state index contributed by atoms with van der Waals surface area (Å²) in [6.07, 6.45) is 0.